The maximum Gasteiger partial charge on any atom is 0.184 e. The van der Waals surface area contributed by atoms with Gasteiger partial charge in [-0.05, 0) is 43.9 Å². The first-order valence-electron chi connectivity index (χ1n) is 6.05. The van der Waals surface area contributed by atoms with Crippen molar-refractivity contribution in [2.45, 2.75) is 32.2 Å². The molecule has 17 heavy (non-hydrogen) atoms. The molecule has 3 rings (SSSR count). The number of hydrogen-bond acceptors (Lipinski definition) is 3. The van der Waals surface area contributed by atoms with Gasteiger partial charge in [-0.1, -0.05) is 33.7 Å². The fourth-order valence-corrected chi connectivity index (χ4v) is 3.73. The van der Waals surface area contributed by atoms with Crippen LogP contribution in [0.2, 0.25) is 0 Å². The Labute approximate surface area is 114 Å². The van der Waals surface area contributed by atoms with Gasteiger partial charge in [0.15, 0.2) is 5.13 Å². The van der Waals surface area contributed by atoms with Gasteiger partial charge in [0.25, 0.3) is 0 Å². The molecule has 1 heterocycles. The predicted molar refractivity (Wildman–Crippen MR) is 77.7 cm³/mol. The fraction of sp³-hybridized carbons (Fsp3) is 0.462. The van der Waals surface area contributed by atoms with Crippen molar-refractivity contribution < 1.29 is 0 Å². The zero-order valence-electron chi connectivity index (χ0n) is 9.74. The Morgan fingerprint density at radius 2 is 2.29 bits per heavy atom. The monoisotopic (exact) mass is 310 g/mol. The van der Waals surface area contributed by atoms with Crippen molar-refractivity contribution in [3.8, 4) is 0 Å². The second-order valence-electron chi connectivity index (χ2n) is 4.76. The lowest BCUT2D eigenvalue weighted by molar-refractivity contribution is 0.285. The third kappa shape index (κ3) is 2.33. The van der Waals surface area contributed by atoms with Crippen LogP contribution in [0, 0.1) is 5.92 Å². The second-order valence-corrected chi connectivity index (χ2v) is 6.70. The molecule has 1 fully saturated rings. The van der Waals surface area contributed by atoms with Gasteiger partial charge >= 0.3 is 0 Å². The zero-order chi connectivity index (χ0) is 11.8. The molecule has 0 aliphatic heterocycles. The number of thiazole rings is 1. The van der Waals surface area contributed by atoms with Crippen LogP contribution in [0.4, 0.5) is 5.13 Å². The van der Waals surface area contributed by atoms with E-state index in [9.17, 15) is 0 Å². The largest absolute Gasteiger partial charge is 0.359 e. The molecule has 1 aromatic heterocycles. The van der Waals surface area contributed by atoms with E-state index in [0.29, 0.717) is 6.04 Å². The molecule has 1 N–H and O–H groups in total. The van der Waals surface area contributed by atoms with Gasteiger partial charge < -0.3 is 5.32 Å². The summed E-state index contributed by atoms with van der Waals surface area (Å²) >= 11 is 5.23. The Kier molecular flexibility index (Phi) is 3.09. The third-order valence-corrected chi connectivity index (χ3v) is 5.00. The quantitative estimate of drug-likeness (QED) is 0.892. The van der Waals surface area contributed by atoms with Gasteiger partial charge in [0.05, 0.1) is 10.2 Å². The molecule has 0 amide bonds. The molecule has 1 aromatic carbocycles. The van der Waals surface area contributed by atoms with E-state index in [4.69, 9.17) is 0 Å². The summed E-state index contributed by atoms with van der Waals surface area (Å²) in [5.74, 6) is 0.841. The van der Waals surface area contributed by atoms with E-state index in [0.717, 1.165) is 21.0 Å². The minimum atomic E-state index is 0.549. The topological polar surface area (TPSA) is 24.9 Å². The lowest BCUT2D eigenvalue weighted by atomic mass is 9.80. The first kappa shape index (κ1) is 11.5. The number of hydrogen-bond donors (Lipinski definition) is 1. The minimum absolute atomic E-state index is 0.549. The highest BCUT2D eigenvalue weighted by molar-refractivity contribution is 9.10. The zero-order valence-corrected chi connectivity index (χ0v) is 12.1. The van der Waals surface area contributed by atoms with Gasteiger partial charge in [-0.15, -0.1) is 0 Å². The number of aromatic nitrogens is 1. The van der Waals surface area contributed by atoms with Crippen LogP contribution >= 0.6 is 27.3 Å². The van der Waals surface area contributed by atoms with E-state index in [1.165, 1.54) is 24.0 Å². The molecule has 0 bridgehead atoms. The van der Waals surface area contributed by atoms with Gasteiger partial charge in [-0.3, -0.25) is 0 Å². The van der Waals surface area contributed by atoms with E-state index in [1.807, 2.05) is 6.07 Å². The molecule has 0 spiro atoms. The number of benzene rings is 1. The van der Waals surface area contributed by atoms with Gasteiger partial charge in [-0.2, -0.15) is 0 Å². The van der Waals surface area contributed by atoms with Crippen LogP contribution in [0.25, 0.3) is 10.2 Å². The Balaban J connectivity index is 1.80. The second kappa shape index (κ2) is 4.58. The van der Waals surface area contributed by atoms with E-state index >= 15 is 0 Å². The first-order chi connectivity index (χ1) is 8.22. The molecule has 1 atom stereocenters. The van der Waals surface area contributed by atoms with Gasteiger partial charge in [0.1, 0.15) is 0 Å². The Bertz CT molecular complexity index is 533. The highest BCUT2D eigenvalue weighted by atomic mass is 79.9. The number of halogens is 1. The average Bonchev–Trinajstić information content (AvgIpc) is 2.55. The summed E-state index contributed by atoms with van der Waals surface area (Å²) < 4.78 is 2.36. The molecular weight excluding hydrogens is 296 g/mol. The molecule has 90 valence electrons. The third-order valence-electron chi connectivity index (χ3n) is 3.56. The summed E-state index contributed by atoms with van der Waals surface area (Å²) in [6.07, 6.45) is 4.12. The summed E-state index contributed by atoms with van der Waals surface area (Å²) in [5.41, 5.74) is 1.08. The number of anilines is 1. The number of nitrogens with zero attached hydrogens (tertiary/aromatic N) is 1. The minimum Gasteiger partial charge on any atom is -0.359 e. The molecule has 4 heteroatoms. The van der Waals surface area contributed by atoms with Crippen LogP contribution < -0.4 is 5.32 Å². The smallest absolute Gasteiger partial charge is 0.184 e. The summed E-state index contributed by atoms with van der Waals surface area (Å²) in [5, 5.41) is 4.60. The molecule has 1 saturated carbocycles. The molecule has 1 unspecified atom stereocenters. The number of rotatable bonds is 3. The maximum absolute atomic E-state index is 4.62. The Morgan fingerprint density at radius 1 is 1.47 bits per heavy atom. The maximum atomic E-state index is 4.62. The van der Waals surface area contributed by atoms with Gasteiger partial charge in [0.2, 0.25) is 0 Å². The molecule has 0 saturated heterocycles. The number of nitrogens with one attached hydrogen (secondary N) is 1. The van der Waals surface area contributed by atoms with E-state index in [-0.39, 0.29) is 0 Å². The first-order valence-corrected chi connectivity index (χ1v) is 7.66. The lowest BCUT2D eigenvalue weighted by Gasteiger charge is -2.31. The van der Waals surface area contributed by atoms with Crippen molar-refractivity contribution in [1.29, 1.82) is 0 Å². The lowest BCUT2D eigenvalue weighted by Crippen LogP contribution is -2.30. The van der Waals surface area contributed by atoms with Gasteiger partial charge in [0, 0.05) is 10.5 Å². The van der Waals surface area contributed by atoms with Crippen molar-refractivity contribution in [1.82, 2.24) is 4.98 Å². The van der Waals surface area contributed by atoms with Crippen LogP contribution in [0.3, 0.4) is 0 Å². The van der Waals surface area contributed by atoms with Gasteiger partial charge in [-0.25, -0.2) is 4.98 Å². The fourth-order valence-electron chi connectivity index (χ4n) is 2.21. The highest BCUT2D eigenvalue weighted by Gasteiger charge is 2.24. The summed E-state index contributed by atoms with van der Waals surface area (Å²) in [4.78, 5) is 4.62. The molecule has 2 nitrogen and oxygen atoms in total. The van der Waals surface area contributed by atoms with Crippen LogP contribution in [0.1, 0.15) is 26.2 Å². The standard InChI is InChI=1S/C13H15BrN2S/c1-8(9-3-2-4-9)15-13-16-11-6-5-10(14)7-12(11)17-13/h5-9H,2-4H2,1H3,(H,15,16). The summed E-state index contributed by atoms with van der Waals surface area (Å²) in [6.45, 7) is 2.27. The normalized spacial score (nSPS) is 18.0. The van der Waals surface area contributed by atoms with Crippen LogP contribution in [-0.2, 0) is 0 Å². The van der Waals surface area contributed by atoms with Crippen molar-refractivity contribution in [3.05, 3.63) is 22.7 Å². The van der Waals surface area contributed by atoms with Crippen LogP contribution in [-0.4, -0.2) is 11.0 Å². The van der Waals surface area contributed by atoms with Crippen LogP contribution in [0.5, 0.6) is 0 Å². The van der Waals surface area contributed by atoms with E-state index in [1.54, 1.807) is 11.3 Å². The van der Waals surface area contributed by atoms with E-state index in [2.05, 4.69) is 45.3 Å². The molecule has 2 aromatic rings. The molecular formula is C13H15BrN2S. The SMILES string of the molecule is CC(Nc1nc2ccc(Br)cc2s1)C1CCC1. The van der Waals surface area contributed by atoms with Crippen molar-refractivity contribution >= 4 is 42.6 Å². The van der Waals surface area contributed by atoms with Crippen molar-refractivity contribution in [2.75, 3.05) is 5.32 Å². The molecule has 0 radical (unpaired) electrons. The summed E-state index contributed by atoms with van der Waals surface area (Å²) in [7, 11) is 0. The Hall–Kier alpha value is -0.610. The van der Waals surface area contributed by atoms with Crippen molar-refractivity contribution in [3.63, 3.8) is 0 Å². The number of fused-ring (bicyclic) bond motifs is 1. The highest BCUT2D eigenvalue weighted by Crippen LogP contribution is 2.33. The van der Waals surface area contributed by atoms with E-state index < -0.39 is 0 Å². The van der Waals surface area contributed by atoms with Crippen molar-refractivity contribution in [2.24, 2.45) is 5.92 Å². The Morgan fingerprint density at radius 3 is 3.00 bits per heavy atom. The predicted octanol–water partition coefficient (Wildman–Crippen LogP) is 4.66. The molecule has 1 aliphatic carbocycles. The van der Waals surface area contributed by atoms with Crippen LogP contribution in [0.15, 0.2) is 22.7 Å². The summed E-state index contributed by atoms with van der Waals surface area (Å²) in [6, 6.07) is 6.79. The average molecular weight is 311 g/mol. The molecule has 1 aliphatic rings.